The molecular formula is C23H20N4O7S2. The second-order valence-electron chi connectivity index (χ2n) is 7.39. The molecule has 4 rings (SSSR count). The van der Waals surface area contributed by atoms with Crippen LogP contribution in [0.2, 0.25) is 0 Å². The van der Waals surface area contributed by atoms with Crippen LogP contribution in [-0.2, 0) is 21.2 Å². The van der Waals surface area contributed by atoms with Crippen molar-refractivity contribution in [3.63, 3.8) is 0 Å². The van der Waals surface area contributed by atoms with Crippen molar-refractivity contribution in [3.8, 4) is 29.1 Å². The quantitative estimate of drug-likeness (QED) is 0.324. The van der Waals surface area contributed by atoms with Gasteiger partial charge in [0.1, 0.15) is 18.2 Å². The molecule has 3 aromatic rings. The standard InChI is InChI=1S/C23H20N4O7S2/c1-3-31-19-9-14(4-6-17(19)32-12-15-5-7-18-20(10-15)34-13-33-18)8-16(11-24)21(28)25-22-26-23(27-35-22)36(2,29)30/h4-10H,3,12-13H2,1-2H3,(H,25,26,27,28)/b16-8-. The van der Waals surface area contributed by atoms with Crippen LogP contribution in [0, 0.1) is 11.3 Å². The summed E-state index contributed by atoms with van der Waals surface area (Å²) in [5.41, 5.74) is 1.18. The molecule has 0 atom stereocenters. The van der Waals surface area contributed by atoms with Crippen LogP contribution in [0.25, 0.3) is 6.08 Å². The molecule has 186 valence electrons. The number of hydrogen-bond acceptors (Lipinski definition) is 11. The second-order valence-corrected chi connectivity index (χ2v) is 10.1. The van der Waals surface area contributed by atoms with Gasteiger partial charge in [0.05, 0.1) is 6.61 Å². The number of nitriles is 1. The zero-order valence-corrected chi connectivity index (χ0v) is 20.8. The molecule has 2 aromatic carbocycles. The highest BCUT2D eigenvalue weighted by Gasteiger charge is 2.18. The summed E-state index contributed by atoms with van der Waals surface area (Å²) in [6.07, 6.45) is 2.33. The van der Waals surface area contributed by atoms with Crippen molar-refractivity contribution in [2.75, 3.05) is 25.0 Å². The number of carbonyl (C=O) groups is 1. The number of hydrogen-bond donors (Lipinski definition) is 1. The minimum atomic E-state index is -3.61. The smallest absolute Gasteiger partial charge is 0.268 e. The lowest BCUT2D eigenvalue weighted by molar-refractivity contribution is -0.112. The van der Waals surface area contributed by atoms with Gasteiger partial charge in [0.15, 0.2) is 23.0 Å². The van der Waals surface area contributed by atoms with Gasteiger partial charge in [-0.2, -0.15) is 14.6 Å². The second kappa shape index (κ2) is 10.6. The molecule has 1 aromatic heterocycles. The van der Waals surface area contributed by atoms with E-state index in [1.807, 2.05) is 31.2 Å². The van der Waals surface area contributed by atoms with Crippen LogP contribution >= 0.6 is 11.5 Å². The molecule has 13 heteroatoms. The monoisotopic (exact) mass is 528 g/mol. The number of nitrogens with one attached hydrogen (secondary N) is 1. The zero-order chi connectivity index (χ0) is 25.7. The molecule has 0 saturated carbocycles. The third-order valence-electron chi connectivity index (χ3n) is 4.73. The van der Waals surface area contributed by atoms with Crippen LogP contribution in [0.15, 0.2) is 47.1 Å². The van der Waals surface area contributed by atoms with Gasteiger partial charge in [0.2, 0.25) is 21.8 Å². The van der Waals surface area contributed by atoms with Gasteiger partial charge in [-0.1, -0.05) is 12.1 Å². The van der Waals surface area contributed by atoms with Gasteiger partial charge in [-0.15, -0.1) is 0 Å². The molecular weight excluding hydrogens is 508 g/mol. The third kappa shape index (κ3) is 5.91. The van der Waals surface area contributed by atoms with Gasteiger partial charge in [0.25, 0.3) is 11.1 Å². The van der Waals surface area contributed by atoms with Gasteiger partial charge < -0.3 is 18.9 Å². The normalized spacial score (nSPS) is 12.6. The Morgan fingerprint density at radius 2 is 2.00 bits per heavy atom. The third-order valence-corrected chi connectivity index (χ3v) is 6.33. The number of amides is 1. The van der Waals surface area contributed by atoms with Gasteiger partial charge in [0, 0.05) is 17.8 Å². The van der Waals surface area contributed by atoms with E-state index in [0.717, 1.165) is 11.8 Å². The fraction of sp³-hybridized carbons (Fsp3) is 0.217. The number of nitrogens with zero attached hydrogens (tertiary/aromatic N) is 3. The molecule has 0 bridgehead atoms. The summed E-state index contributed by atoms with van der Waals surface area (Å²) < 4.78 is 49.1. The Labute approximate surface area is 211 Å². The number of ether oxygens (including phenoxy) is 4. The predicted octanol–water partition coefficient (Wildman–Crippen LogP) is 3.19. The molecule has 2 heterocycles. The van der Waals surface area contributed by atoms with E-state index in [4.69, 9.17) is 18.9 Å². The van der Waals surface area contributed by atoms with E-state index in [9.17, 15) is 18.5 Å². The van der Waals surface area contributed by atoms with E-state index in [-0.39, 0.29) is 24.1 Å². The number of carbonyl (C=O) groups excluding carboxylic acids is 1. The molecule has 0 unspecified atom stereocenters. The molecule has 36 heavy (non-hydrogen) atoms. The fourth-order valence-electron chi connectivity index (χ4n) is 3.08. The van der Waals surface area contributed by atoms with Crippen LogP contribution in [0.3, 0.4) is 0 Å². The molecule has 0 fully saturated rings. The van der Waals surface area contributed by atoms with E-state index in [1.165, 1.54) is 6.08 Å². The van der Waals surface area contributed by atoms with Gasteiger partial charge in [-0.05, 0) is 48.4 Å². The van der Waals surface area contributed by atoms with Crippen LogP contribution in [0.1, 0.15) is 18.1 Å². The summed E-state index contributed by atoms with van der Waals surface area (Å²) in [5.74, 6) is 1.51. The average molecular weight is 529 g/mol. The molecule has 1 amide bonds. The zero-order valence-electron chi connectivity index (χ0n) is 19.2. The Kier molecular flexibility index (Phi) is 7.37. The Morgan fingerprint density at radius 3 is 2.72 bits per heavy atom. The first-order valence-corrected chi connectivity index (χ1v) is 13.2. The summed E-state index contributed by atoms with van der Waals surface area (Å²) in [7, 11) is -3.61. The van der Waals surface area contributed by atoms with Crippen molar-refractivity contribution in [1.82, 2.24) is 9.36 Å². The summed E-state index contributed by atoms with van der Waals surface area (Å²) in [6.45, 7) is 2.65. The van der Waals surface area contributed by atoms with Gasteiger partial charge >= 0.3 is 0 Å². The number of aromatic nitrogens is 2. The minimum Gasteiger partial charge on any atom is -0.490 e. The number of rotatable bonds is 9. The average Bonchev–Trinajstić information content (AvgIpc) is 3.51. The molecule has 0 aliphatic carbocycles. The number of benzene rings is 2. The summed E-state index contributed by atoms with van der Waals surface area (Å²) >= 11 is 0.700. The first kappa shape index (κ1) is 25.0. The Morgan fingerprint density at radius 1 is 1.19 bits per heavy atom. The largest absolute Gasteiger partial charge is 0.490 e. The lowest BCUT2D eigenvalue weighted by Gasteiger charge is -2.13. The van der Waals surface area contributed by atoms with Crippen LogP contribution in [0.5, 0.6) is 23.0 Å². The van der Waals surface area contributed by atoms with Crippen molar-refractivity contribution >= 4 is 38.5 Å². The first-order valence-electron chi connectivity index (χ1n) is 10.5. The highest BCUT2D eigenvalue weighted by atomic mass is 32.2. The lowest BCUT2D eigenvalue weighted by atomic mass is 10.1. The van der Waals surface area contributed by atoms with E-state index in [2.05, 4.69) is 14.7 Å². The lowest BCUT2D eigenvalue weighted by Crippen LogP contribution is -2.13. The highest BCUT2D eigenvalue weighted by molar-refractivity contribution is 7.90. The van der Waals surface area contributed by atoms with Crippen LogP contribution in [-0.4, -0.2) is 43.3 Å². The summed E-state index contributed by atoms with van der Waals surface area (Å²) in [6, 6.07) is 12.4. The summed E-state index contributed by atoms with van der Waals surface area (Å²) in [5, 5.41) is 11.4. The van der Waals surface area contributed by atoms with Crippen molar-refractivity contribution in [2.45, 2.75) is 18.7 Å². The van der Waals surface area contributed by atoms with Crippen molar-refractivity contribution in [1.29, 1.82) is 5.26 Å². The Hall–Kier alpha value is -4.15. The van der Waals surface area contributed by atoms with E-state index >= 15 is 0 Å². The van der Waals surface area contributed by atoms with E-state index < -0.39 is 20.9 Å². The molecule has 1 aliphatic rings. The SMILES string of the molecule is CCOc1cc(/C=C(/C#N)C(=O)Nc2nc(S(C)(=O)=O)ns2)ccc1OCc1ccc2c(c1)OCO2. The van der Waals surface area contributed by atoms with Gasteiger partial charge in [-0.3, -0.25) is 10.1 Å². The molecule has 0 radical (unpaired) electrons. The maximum atomic E-state index is 12.5. The summed E-state index contributed by atoms with van der Waals surface area (Å²) in [4.78, 5) is 16.3. The Balaban J connectivity index is 1.49. The van der Waals surface area contributed by atoms with Gasteiger partial charge in [-0.25, -0.2) is 8.42 Å². The molecule has 11 nitrogen and oxygen atoms in total. The number of fused-ring (bicyclic) bond motifs is 1. The maximum Gasteiger partial charge on any atom is 0.268 e. The number of anilines is 1. The predicted molar refractivity (Wildman–Crippen MR) is 130 cm³/mol. The minimum absolute atomic E-state index is 0.0381. The number of sulfone groups is 1. The van der Waals surface area contributed by atoms with Crippen molar-refractivity contribution in [2.24, 2.45) is 0 Å². The van der Waals surface area contributed by atoms with Crippen molar-refractivity contribution < 1.29 is 32.2 Å². The molecule has 1 aliphatic heterocycles. The molecule has 0 saturated heterocycles. The topological polar surface area (TPSA) is 150 Å². The van der Waals surface area contributed by atoms with E-state index in [0.29, 0.717) is 46.7 Å². The van der Waals surface area contributed by atoms with E-state index in [1.54, 1.807) is 18.2 Å². The molecule has 0 spiro atoms. The van der Waals surface area contributed by atoms with Crippen LogP contribution in [0.4, 0.5) is 5.13 Å². The molecule has 1 N–H and O–H groups in total. The highest BCUT2D eigenvalue weighted by Crippen LogP contribution is 2.34. The fourth-order valence-corrected chi connectivity index (χ4v) is 4.52. The maximum absolute atomic E-state index is 12.5. The first-order chi connectivity index (χ1) is 17.3. The van der Waals surface area contributed by atoms with Crippen LogP contribution < -0.4 is 24.3 Å². The Bertz CT molecular complexity index is 1480. The van der Waals surface area contributed by atoms with Crippen molar-refractivity contribution in [3.05, 3.63) is 53.1 Å².